The van der Waals surface area contributed by atoms with E-state index in [-0.39, 0.29) is 17.3 Å². The Morgan fingerprint density at radius 2 is 1.83 bits per heavy atom. The lowest BCUT2D eigenvalue weighted by molar-refractivity contribution is -0.116. The van der Waals surface area contributed by atoms with Crippen molar-refractivity contribution in [2.24, 2.45) is 0 Å². The Morgan fingerprint density at radius 3 is 2.41 bits per heavy atom. The molecule has 0 aliphatic heterocycles. The summed E-state index contributed by atoms with van der Waals surface area (Å²) in [6.07, 6.45) is 0.746. The molecule has 0 aliphatic carbocycles. The van der Waals surface area contributed by atoms with Gasteiger partial charge in [-0.3, -0.25) is 4.79 Å². The van der Waals surface area contributed by atoms with Crippen LogP contribution in [-0.4, -0.2) is 38.8 Å². The number of ether oxygens (including phenoxy) is 1. The number of aryl methyl sites for hydroxylation is 3. The second-order valence-electron chi connectivity index (χ2n) is 6.78. The third-order valence-electron chi connectivity index (χ3n) is 4.55. The van der Waals surface area contributed by atoms with Crippen molar-refractivity contribution in [1.82, 2.24) is 4.31 Å². The summed E-state index contributed by atoms with van der Waals surface area (Å²) < 4.78 is 33.2. The minimum absolute atomic E-state index is 0.128. The largest absolute Gasteiger partial charge is 0.494 e. The Balaban J connectivity index is 2.18. The first kappa shape index (κ1) is 23.4. The number of rotatable bonds is 8. The summed E-state index contributed by atoms with van der Waals surface area (Å²) in [5, 5.41) is 2.86. The predicted molar refractivity (Wildman–Crippen MR) is 119 cm³/mol. The lowest BCUT2D eigenvalue weighted by Gasteiger charge is -2.19. The highest BCUT2D eigenvalue weighted by molar-refractivity contribution is 9.10. The van der Waals surface area contributed by atoms with Gasteiger partial charge in [0.05, 0.1) is 18.0 Å². The quantitative estimate of drug-likeness (QED) is 0.608. The Labute approximate surface area is 181 Å². The van der Waals surface area contributed by atoms with Crippen molar-refractivity contribution in [3.63, 3.8) is 0 Å². The van der Waals surface area contributed by atoms with Crippen LogP contribution in [0.3, 0.4) is 0 Å². The maximum Gasteiger partial charge on any atom is 0.243 e. The molecule has 0 bridgehead atoms. The van der Waals surface area contributed by atoms with Crippen molar-refractivity contribution in [2.75, 3.05) is 25.5 Å². The van der Waals surface area contributed by atoms with E-state index < -0.39 is 10.0 Å². The van der Waals surface area contributed by atoms with Gasteiger partial charge in [0, 0.05) is 17.2 Å². The molecule has 1 amide bonds. The lowest BCUT2D eigenvalue weighted by Crippen LogP contribution is -2.35. The molecular formula is C21H27BrN2O4S. The van der Waals surface area contributed by atoms with Crippen LogP contribution >= 0.6 is 15.9 Å². The van der Waals surface area contributed by atoms with E-state index in [0.29, 0.717) is 12.4 Å². The molecule has 0 saturated carbocycles. The van der Waals surface area contributed by atoms with E-state index in [9.17, 15) is 13.2 Å². The highest BCUT2D eigenvalue weighted by Crippen LogP contribution is 2.27. The number of benzene rings is 2. The van der Waals surface area contributed by atoms with Crippen LogP contribution in [0.4, 0.5) is 5.69 Å². The number of anilines is 1. The molecule has 0 radical (unpaired) electrons. The van der Waals surface area contributed by atoms with Gasteiger partial charge in [-0.25, -0.2) is 8.42 Å². The normalized spacial score (nSPS) is 11.6. The van der Waals surface area contributed by atoms with Crippen molar-refractivity contribution >= 4 is 37.5 Å². The molecule has 2 rings (SSSR count). The van der Waals surface area contributed by atoms with E-state index in [1.54, 1.807) is 19.1 Å². The lowest BCUT2D eigenvalue weighted by atomic mass is 10.1. The number of nitrogens with zero attached hydrogens (tertiary/aromatic N) is 1. The third-order valence-corrected chi connectivity index (χ3v) is 6.81. The van der Waals surface area contributed by atoms with Gasteiger partial charge in [0.2, 0.25) is 15.9 Å². The van der Waals surface area contributed by atoms with E-state index in [1.165, 1.54) is 13.1 Å². The SMILES string of the molecule is CCOc1ccc(S(=O)(=O)N(C)CC(=O)Nc2c(C)cc(Br)cc2CC)cc1C. The smallest absolute Gasteiger partial charge is 0.243 e. The van der Waals surface area contributed by atoms with Crippen LogP contribution in [0.5, 0.6) is 5.75 Å². The average Bonchev–Trinajstić information content (AvgIpc) is 2.65. The number of halogens is 1. The molecule has 2 aromatic rings. The summed E-state index contributed by atoms with van der Waals surface area (Å²) in [6, 6.07) is 8.56. The van der Waals surface area contributed by atoms with Gasteiger partial charge in [-0.2, -0.15) is 4.31 Å². The van der Waals surface area contributed by atoms with Gasteiger partial charge in [-0.05, 0) is 74.2 Å². The second-order valence-corrected chi connectivity index (χ2v) is 9.74. The first-order valence-electron chi connectivity index (χ1n) is 9.38. The zero-order chi connectivity index (χ0) is 21.8. The molecule has 0 aromatic heterocycles. The van der Waals surface area contributed by atoms with E-state index in [0.717, 1.165) is 37.6 Å². The third kappa shape index (κ3) is 5.58. The topological polar surface area (TPSA) is 75.7 Å². The molecule has 2 aromatic carbocycles. The summed E-state index contributed by atoms with van der Waals surface area (Å²) in [4.78, 5) is 12.7. The number of carbonyl (C=O) groups is 1. The molecular weight excluding hydrogens is 456 g/mol. The van der Waals surface area contributed by atoms with Crippen LogP contribution in [0.25, 0.3) is 0 Å². The molecule has 0 heterocycles. The van der Waals surface area contributed by atoms with Gasteiger partial charge in [0.15, 0.2) is 0 Å². The Kier molecular flexibility index (Phi) is 7.85. The van der Waals surface area contributed by atoms with Crippen LogP contribution in [0.15, 0.2) is 39.7 Å². The molecule has 29 heavy (non-hydrogen) atoms. The predicted octanol–water partition coefficient (Wildman–Crippen LogP) is 4.29. The number of amides is 1. The van der Waals surface area contributed by atoms with Crippen molar-refractivity contribution in [1.29, 1.82) is 0 Å². The average molecular weight is 483 g/mol. The van der Waals surface area contributed by atoms with Crippen molar-refractivity contribution in [3.05, 3.63) is 51.5 Å². The van der Waals surface area contributed by atoms with Crippen molar-refractivity contribution in [3.8, 4) is 5.75 Å². The summed E-state index contributed by atoms with van der Waals surface area (Å²) in [5.41, 5.74) is 3.35. The van der Waals surface area contributed by atoms with Crippen LogP contribution in [0, 0.1) is 13.8 Å². The number of sulfonamides is 1. The number of carbonyl (C=O) groups excluding carboxylic acids is 1. The number of hydrogen-bond acceptors (Lipinski definition) is 4. The van der Waals surface area contributed by atoms with Gasteiger partial charge >= 0.3 is 0 Å². The van der Waals surface area contributed by atoms with Crippen LogP contribution in [0.1, 0.15) is 30.5 Å². The standard InChI is InChI=1S/C21H27BrN2O4S/c1-6-16-12-17(22)10-15(4)21(16)23-20(25)13-24(5)29(26,27)18-8-9-19(28-7-2)14(3)11-18/h8-12H,6-7,13H2,1-5H3,(H,23,25). The minimum Gasteiger partial charge on any atom is -0.494 e. The molecule has 158 valence electrons. The molecule has 6 nitrogen and oxygen atoms in total. The monoisotopic (exact) mass is 482 g/mol. The van der Waals surface area contributed by atoms with Gasteiger partial charge in [0.1, 0.15) is 5.75 Å². The number of nitrogens with one attached hydrogen (secondary N) is 1. The molecule has 8 heteroatoms. The Morgan fingerprint density at radius 1 is 1.14 bits per heavy atom. The summed E-state index contributed by atoms with van der Waals surface area (Å²) in [6.45, 7) is 7.78. The Bertz CT molecular complexity index is 1010. The summed E-state index contributed by atoms with van der Waals surface area (Å²) >= 11 is 3.46. The second kappa shape index (κ2) is 9.73. The summed E-state index contributed by atoms with van der Waals surface area (Å²) in [7, 11) is -2.40. The van der Waals surface area contributed by atoms with E-state index in [2.05, 4.69) is 21.2 Å². The van der Waals surface area contributed by atoms with E-state index in [4.69, 9.17) is 4.74 Å². The fourth-order valence-corrected chi connectivity index (χ4v) is 4.85. The molecule has 0 unspecified atom stereocenters. The maximum absolute atomic E-state index is 12.9. The molecule has 0 fully saturated rings. The summed E-state index contributed by atoms with van der Waals surface area (Å²) in [5.74, 6) is 0.253. The highest BCUT2D eigenvalue weighted by atomic mass is 79.9. The minimum atomic E-state index is -3.80. The number of likely N-dealkylation sites (N-methyl/N-ethyl adjacent to an activating group) is 1. The van der Waals surface area contributed by atoms with Crippen LogP contribution in [0.2, 0.25) is 0 Å². The molecule has 0 aliphatic rings. The zero-order valence-electron chi connectivity index (χ0n) is 17.4. The maximum atomic E-state index is 12.9. The molecule has 0 spiro atoms. The Hall–Kier alpha value is -1.90. The van der Waals surface area contributed by atoms with E-state index in [1.807, 2.05) is 32.9 Å². The van der Waals surface area contributed by atoms with Gasteiger partial charge in [-0.1, -0.05) is 22.9 Å². The number of hydrogen-bond donors (Lipinski definition) is 1. The van der Waals surface area contributed by atoms with Crippen LogP contribution in [-0.2, 0) is 21.2 Å². The fraction of sp³-hybridized carbons (Fsp3) is 0.381. The molecule has 1 N–H and O–H groups in total. The first-order valence-corrected chi connectivity index (χ1v) is 11.6. The molecule has 0 atom stereocenters. The van der Waals surface area contributed by atoms with Gasteiger partial charge < -0.3 is 10.1 Å². The fourth-order valence-electron chi connectivity index (χ4n) is 3.02. The highest BCUT2D eigenvalue weighted by Gasteiger charge is 2.24. The zero-order valence-corrected chi connectivity index (χ0v) is 19.8. The van der Waals surface area contributed by atoms with Gasteiger partial charge in [-0.15, -0.1) is 0 Å². The molecule has 0 saturated heterocycles. The van der Waals surface area contributed by atoms with Gasteiger partial charge in [0.25, 0.3) is 0 Å². The van der Waals surface area contributed by atoms with Crippen molar-refractivity contribution in [2.45, 2.75) is 39.0 Å². The van der Waals surface area contributed by atoms with Crippen LogP contribution < -0.4 is 10.1 Å². The first-order chi connectivity index (χ1) is 13.6. The van der Waals surface area contributed by atoms with Crippen molar-refractivity contribution < 1.29 is 17.9 Å². The van der Waals surface area contributed by atoms with E-state index >= 15 is 0 Å².